The van der Waals surface area contributed by atoms with Crippen molar-refractivity contribution in [3.8, 4) is 0 Å². The van der Waals surface area contributed by atoms with Crippen molar-refractivity contribution in [1.82, 2.24) is 20.1 Å². The van der Waals surface area contributed by atoms with E-state index < -0.39 is 6.04 Å². The minimum Gasteiger partial charge on any atom is -0.377 e. The number of aryl methyl sites for hydroxylation is 1. The summed E-state index contributed by atoms with van der Waals surface area (Å²) in [7, 11) is 0. The first kappa shape index (κ1) is 26.6. The van der Waals surface area contributed by atoms with Gasteiger partial charge in [0.1, 0.15) is 6.04 Å². The summed E-state index contributed by atoms with van der Waals surface area (Å²) in [6.45, 7) is 5.20. The van der Waals surface area contributed by atoms with Crippen LogP contribution in [-0.4, -0.2) is 45.8 Å². The molecule has 1 saturated heterocycles. The second-order valence-electron chi connectivity index (χ2n) is 10.2. The average molecular weight is 557 g/mol. The van der Waals surface area contributed by atoms with Crippen molar-refractivity contribution in [2.75, 3.05) is 23.8 Å². The van der Waals surface area contributed by atoms with Crippen molar-refractivity contribution in [3.63, 3.8) is 0 Å². The Bertz CT molecular complexity index is 1280. The number of pyridine rings is 1. The summed E-state index contributed by atoms with van der Waals surface area (Å²) in [5.74, 6) is -0.0292. The van der Waals surface area contributed by atoms with E-state index in [2.05, 4.69) is 26.0 Å². The van der Waals surface area contributed by atoms with Gasteiger partial charge < -0.3 is 20.7 Å². The molecule has 2 fully saturated rings. The molecule has 2 aliphatic rings. The number of ether oxygens (including phenoxy) is 1. The molecule has 1 aliphatic carbocycles. The number of aromatic nitrogens is 3. The third-order valence-electron chi connectivity index (χ3n) is 7.23. The third-order valence-corrected chi connectivity index (χ3v) is 8.71. The predicted octanol–water partition coefficient (Wildman–Crippen LogP) is 5.36. The molecule has 3 N–H and O–H groups in total. The van der Waals surface area contributed by atoms with Crippen LogP contribution >= 0.6 is 22.9 Å². The lowest BCUT2D eigenvalue weighted by Gasteiger charge is -2.25. The molecule has 2 atom stereocenters. The fourth-order valence-electron chi connectivity index (χ4n) is 4.91. The molecule has 38 heavy (non-hydrogen) atoms. The Morgan fingerprint density at radius 1 is 1.24 bits per heavy atom. The maximum absolute atomic E-state index is 13.3. The van der Waals surface area contributed by atoms with Crippen LogP contribution in [0, 0.1) is 12.8 Å². The number of hydrogen-bond acceptors (Lipinski definition) is 7. The number of nitrogens with one attached hydrogen (secondary N) is 3. The molecule has 3 aromatic heterocycles. The first-order chi connectivity index (χ1) is 18.4. The number of halogens is 1. The number of rotatable bonds is 10. The van der Waals surface area contributed by atoms with Gasteiger partial charge in [0.05, 0.1) is 58.5 Å². The zero-order chi connectivity index (χ0) is 26.6. The second kappa shape index (κ2) is 11.8. The Morgan fingerprint density at radius 2 is 2.03 bits per heavy atom. The molecule has 0 radical (unpaired) electrons. The third kappa shape index (κ3) is 6.36. The van der Waals surface area contributed by atoms with E-state index in [4.69, 9.17) is 16.3 Å². The molecule has 0 spiro atoms. The summed E-state index contributed by atoms with van der Waals surface area (Å²) in [5.41, 5.74) is 2.32. The van der Waals surface area contributed by atoms with Gasteiger partial charge in [-0.25, -0.2) is 0 Å². The number of carbonyl (C=O) groups excluding carboxylic acids is 2. The smallest absolute Gasteiger partial charge is 0.262 e. The highest BCUT2D eigenvalue weighted by Gasteiger charge is 2.28. The first-order valence-corrected chi connectivity index (χ1v) is 14.3. The predicted molar refractivity (Wildman–Crippen MR) is 149 cm³/mol. The van der Waals surface area contributed by atoms with Crippen LogP contribution in [-0.2, 0) is 9.53 Å². The molecule has 1 saturated carbocycles. The van der Waals surface area contributed by atoms with Crippen molar-refractivity contribution >= 4 is 46.1 Å². The van der Waals surface area contributed by atoms with Crippen molar-refractivity contribution in [1.29, 1.82) is 0 Å². The van der Waals surface area contributed by atoms with Crippen LogP contribution in [0.3, 0.4) is 0 Å². The molecule has 0 unspecified atom stereocenters. The summed E-state index contributed by atoms with van der Waals surface area (Å²) < 4.78 is 7.04. The van der Waals surface area contributed by atoms with Gasteiger partial charge >= 0.3 is 0 Å². The quantitative estimate of drug-likeness (QED) is 0.310. The van der Waals surface area contributed by atoms with E-state index in [1.807, 2.05) is 42.9 Å². The number of carbonyl (C=O) groups is 2. The van der Waals surface area contributed by atoms with E-state index in [-0.39, 0.29) is 23.9 Å². The molecule has 0 aromatic carbocycles. The Hall–Kier alpha value is -2.95. The maximum Gasteiger partial charge on any atom is 0.262 e. The van der Waals surface area contributed by atoms with Crippen molar-refractivity contribution in [2.45, 2.75) is 64.1 Å². The number of anilines is 2. The highest BCUT2D eigenvalue weighted by Crippen LogP contribution is 2.31. The standard InChI is InChI=1S/C27H33ClN6O3S/c1-16-22(10-19(28)11-29-16)31-17(2)24-7-8-25(38-24)27(36)33-23(9-18-5-3-4-6-18)26(35)32-20-12-30-34(13-20)21-14-37-15-21/h7-8,10-13,17-18,21,23,31H,3-6,9,14-15H2,1-2H3,(H,32,35)(H,33,36)/t17-,23-/m0/s1. The van der Waals surface area contributed by atoms with E-state index in [0.29, 0.717) is 41.1 Å². The Morgan fingerprint density at radius 3 is 2.76 bits per heavy atom. The topological polar surface area (TPSA) is 110 Å². The largest absolute Gasteiger partial charge is 0.377 e. The van der Waals surface area contributed by atoms with E-state index in [1.54, 1.807) is 12.4 Å². The summed E-state index contributed by atoms with van der Waals surface area (Å²) in [6.07, 6.45) is 10.2. The number of thiophene rings is 1. The van der Waals surface area contributed by atoms with Crippen molar-refractivity contribution in [2.24, 2.45) is 5.92 Å². The lowest BCUT2D eigenvalue weighted by Crippen LogP contribution is -2.44. The van der Waals surface area contributed by atoms with Crippen LogP contribution in [0.2, 0.25) is 5.02 Å². The van der Waals surface area contributed by atoms with E-state index in [0.717, 1.165) is 29.1 Å². The summed E-state index contributed by atoms with van der Waals surface area (Å²) in [6, 6.07) is 5.13. The molecular weight excluding hydrogens is 524 g/mol. The molecule has 5 rings (SSSR count). The van der Waals surface area contributed by atoms with E-state index in [1.165, 1.54) is 24.2 Å². The number of hydrogen-bond donors (Lipinski definition) is 3. The summed E-state index contributed by atoms with van der Waals surface area (Å²) in [5, 5.41) is 14.3. The fraction of sp³-hybridized carbons (Fsp3) is 0.481. The lowest BCUT2D eigenvalue weighted by atomic mass is 9.97. The molecule has 4 heterocycles. The van der Waals surface area contributed by atoms with Gasteiger partial charge in [-0.15, -0.1) is 11.3 Å². The molecule has 2 amide bonds. The summed E-state index contributed by atoms with van der Waals surface area (Å²) >= 11 is 7.52. The Kier molecular flexibility index (Phi) is 8.30. The highest BCUT2D eigenvalue weighted by atomic mass is 35.5. The molecule has 0 bridgehead atoms. The van der Waals surface area contributed by atoms with E-state index >= 15 is 0 Å². The van der Waals surface area contributed by atoms with Crippen LogP contribution in [0.1, 0.15) is 71.4 Å². The molecule has 1 aliphatic heterocycles. The number of nitrogens with zero attached hydrogens (tertiary/aromatic N) is 3. The summed E-state index contributed by atoms with van der Waals surface area (Å²) in [4.78, 5) is 32.4. The van der Waals surface area contributed by atoms with Crippen molar-refractivity contribution in [3.05, 3.63) is 57.3 Å². The maximum atomic E-state index is 13.3. The van der Waals surface area contributed by atoms with Gasteiger partial charge in [0.15, 0.2) is 0 Å². The van der Waals surface area contributed by atoms with Crippen LogP contribution in [0.25, 0.3) is 0 Å². The molecule has 9 nitrogen and oxygen atoms in total. The van der Waals surface area contributed by atoms with Crippen LogP contribution in [0.4, 0.5) is 11.4 Å². The second-order valence-corrected chi connectivity index (χ2v) is 11.7. The number of amides is 2. The van der Waals surface area contributed by atoms with Gasteiger partial charge in [0.25, 0.3) is 5.91 Å². The first-order valence-electron chi connectivity index (χ1n) is 13.1. The van der Waals surface area contributed by atoms with Crippen molar-refractivity contribution < 1.29 is 14.3 Å². The SMILES string of the molecule is Cc1ncc(Cl)cc1N[C@@H](C)c1ccc(C(=O)N[C@@H](CC2CCCC2)C(=O)Nc2cnn(C3COC3)c2)s1. The van der Waals surface area contributed by atoms with Gasteiger partial charge in [-0.2, -0.15) is 5.10 Å². The lowest BCUT2D eigenvalue weighted by molar-refractivity contribution is -0.118. The zero-order valence-electron chi connectivity index (χ0n) is 21.6. The highest BCUT2D eigenvalue weighted by molar-refractivity contribution is 7.14. The Labute approximate surface area is 231 Å². The molecule has 202 valence electrons. The van der Waals surface area contributed by atoms with Gasteiger partial charge in [-0.1, -0.05) is 37.3 Å². The van der Waals surface area contributed by atoms with Crippen LogP contribution < -0.4 is 16.0 Å². The van der Waals surface area contributed by atoms with Gasteiger partial charge in [0.2, 0.25) is 5.91 Å². The van der Waals surface area contributed by atoms with Crippen LogP contribution in [0.5, 0.6) is 0 Å². The Balaban J connectivity index is 1.24. The van der Waals surface area contributed by atoms with Gasteiger partial charge in [-0.3, -0.25) is 19.3 Å². The molecule has 11 heteroatoms. The molecular formula is C27H33ClN6O3S. The van der Waals surface area contributed by atoms with E-state index in [9.17, 15) is 9.59 Å². The minimum atomic E-state index is -0.623. The monoisotopic (exact) mass is 556 g/mol. The minimum absolute atomic E-state index is 0.0456. The molecule has 3 aromatic rings. The average Bonchev–Trinajstić information content (AvgIpc) is 3.62. The fourth-order valence-corrected chi connectivity index (χ4v) is 5.98. The van der Waals surface area contributed by atoms with Gasteiger partial charge in [-0.05, 0) is 44.4 Å². The zero-order valence-corrected chi connectivity index (χ0v) is 23.1. The van der Waals surface area contributed by atoms with Crippen LogP contribution in [0.15, 0.2) is 36.8 Å². The normalized spacial score (nSPS) is 17.6. The van der Waals surface area contributed by atoms with Gasteiger partial charge in [0, 0.05) is 17.3 Å².